The number of hydrogen-bond acceptors (Lipinski definition) is 7. The largest absolute Gasteiger partial charge is 0.405 e. The van der Waals surface area contributed by atoms with Gasteiger partial charge in [-0.05, 0) is 60.9 Å². The van der Waals surface area contributed by atoms with E-state index >= 15 is 0 Å². The Morgan fingerprint density at radius 1 is 1.12 bits per heavy atom. The van der Waals surface area contributed by atoms with Gasteiger partial charge >= 0.3 is 12.2 Å². The molecule has 0 aliphatic heterocycles. The number of rotatable bonds is 5. The van der Waals surface area contributed by atoms with Crippen molar-refractivity contribution in [3.63, 3.8) is 0 Å². The third-order valence-electron chi connectivity index (χ3n) is 5.85. The summed E-state index contributed by atoms with van der Waals surface area (Å²) in [6.45, 7) is 6.72. The molecule has 0 spiro atoms. The number of aromatic nitrogens is 3. The Hall–Kier alpha value is -2.88. The highest BCUT2D eigenvalue weighted by Crippen LogP contribution is 2.35. The van der Waals surface area contributed by atoms with Crippen LogP contribution < -0.4 is 10.6 Å². The summed E-state index contributed by atoms with van der Waals surface area (Å²) in [4.78, 5) is 4.76. The molecule has 2 atom stereocenters. The summed E-state index contributed by atoms with van der Waals surface area (Å²) < 4.78 is 44.0. The summed E-state index contributed by atoms with van der Waals surface area (Å²) >= 11 is 0. The molecule has 7 nitrogen and oxygen atoms in total. The number of nitrogens with one attached hydrogen (secondary N) is 2. The maximum atomic E-state index is 12.7. The fourth-order valence-electron chi connectivity index (χ4n) is 4.13. The van der Waals surface area contributed by atoms with Gasteiger partial charge < -0.3 is 20.2 Å². The van der Waals surface area contributed by atoms with Gasteiger partial charge in [0.1, 0.15) is 12.2 Å². The van der Waals surface area contributed by atoms with Gasteiger partial charge in [0, 0.05) is 11.1 Å². The maximum absolute atomic E-state index is 12.7. The number of aryl methyl sites for hydroxylation is 1. The molecule has 4 rings (SSSR count). The fourth-order valence-corrected chi connectivity index (χ4v) is 4.13. The van der Waals surface area contributed by atoms with Gasteiger partial charge in [-0.3, -0.25) is 0 Å². The molecule has 33 heavy (non-hydrogen) atoms. The fraction of sp³-hybridized carbons (Fsp3) is 0.522. The molecule has 3 aromatic rings. The Kier molecular flexibility index (Phi) is 5.98. The van der Waals surface area contributed by atoms with Gasteiger partial charge in [-0.2, -0.15) is 13.2 Å². The van der Waals surface area contributed by atoms with Crippen molar-refractivity contribution in [2.24, 2.45) is 0 Å². The zero-order valence-electron chi connectivity index (χ0n) is 19.0. The smallest absolute Gasteiger partial charge is 0.402 e. The van der Waals surface area contributed by atoms with Gasteiger partial charge in [-0.25, -0.2) is 4.98 Å². The number of aliphatic hydroxyl groups is 1. The summed E-state index contributed by atoms with van der Waals surface area (Å²) in [5, 5.41) is 24.5. The van der Waals surface area contributed by atoms with E-state index in [4.69, 9.17) is 9.40 Å². The van der Waals surface area contributed by atoms with Crippen molar-refractivity contribution >= 4 is 22.6 Å². The number of benzene rings is 1. The van der Waals surface area contributed by atoms with E-state index in [9.17, 15) is 18.3 Å². The summed E-state index contributed by atoms with van der Waals surface area (Å²) in [5.74, 6) is 0.231. The standard InChI is InChI=1S/C23H28F3N5O2/c1-12-8-17(20-30-31-21(33-20)29-16-6-5-7-18(16)32)28-19-14(12)9-13(27-11-23(24,25)26)10-15(19)22(2,3)4/h8-10,16,18,27,32H,5-7,11H2,1-4H3,(H,29,31)/t16?,18-/m1/s1. The normalized spacial score (nSPS) is 19.3. The van der Waals surface area contributed by atoms with Crippen molar-refractivity contribution in [1.82, 2.24) is 15.2 Å². The van der Waals surface area contributed by atoms with Gasteiger partial charge in [-0.1, -0.05) is 25.9 Å². The third kappa shape index (κ3) is 5.21. The minimum Gasteiger partial charge on any atom is -0.402 e. The minimum absolute atomic E-state index is 0.125. The van der Waals surface area contributed by atoms with E-state index in [2.05, 4.69) is 20.8 Å². The Bertz CT molecular complexity index is 1150. The quantitative estimate of drug-likeness (QED) is 0.479. The Morgan fingerprint density at radius 2 is 1.88 bits per heavy atom. The van der Waals surface area contributed by atoms with Crippen molar-refractivity contribution in [2.75, 3.05) is 17.2 Å². The summed E-state index contributed by atoms with van der Waals surface area (Å²) in [6, 6.07) is 5.28. The summed E-state index contributed by atoms with van der Waals surface area (Å²) in [7, 11) is 0. The molecule has 0 bridgehead atoms. The molecule has 0 saturated heterocycles. The minimum atomic E-state index is -4.31. The van der Waals surface area contributed by atoms with E-state index in [1.807, 2.05) is 27.7 Å². The molecular formula is C23H28F3N5O2. The number of anilines is 2. The zero-order valence-corrected chi connectivity index (χ0v) is 19.0. The van der Waals surface area contributed by atoms with Gasteiger partial charge in [0.2, 0.25) is 0 Å². The maximum Gasteiger partial charge on any atom is 0.405 e. The Balaban J connectivity index is 1.71. The lowest BCUT2D eigenvalue weighted by Crippen LogP contribution is -2.27. The van der Waals surface area contributed by atoms with E-state index in [0.29, 0.717) is 16.9 Å². The van der Waals surface area contributed by atoms with Crippen LogP contribution in [0.2, 0.25) is 0 Å². The molecule has 3 N–H and O–H groups in total. The molecule has 0 radical (unpaired) electrons. The molecule has 0 amide bonds. The SMILES string of the molecule is Cc1cc(-c2nnc(NC3CCC[C@H]3O)o2)nc2c(C(C)(C)C)cc(NCC(F)(F)F)cc12. The molecule has 178 valence electrons. The van der Waals surface area contributed by atoms with Crippen LogP contribution in [0.1, 0.15) is 51.2 Å². The van der Waals surface area contributed by atoms with E-state index in [1.165, 1.54) is 0 Å². The summed E-state index contributed by atoms with van der Waals surface area (Å²) in [6.07, 6.45) is -2.27. The highest BCUT2D eigenvalue weighted by molar-refractivity contribution is 5.90. The van der Waals surface area contributed by atoms with Crippen molar-refractivity contribution < 1.29 is 22.7 Å². The Labute approximate surface area is 189 Å². The number of halogens is 3. The van der Waals surface area contributed by atoms with Crippen molar-refractivity contribution in [3.8, 4) is 11.6 Å². The van der Waals surface area contributed by atoms with Crippen LogP contribution in [0.15, 0.2) is 22.6 Å². The highest BCUT2D eigenvalue weighted by atomic mass is 19.4. The first-order valence-electron chi connectivity index (χ1n) is 11.0. The lowest BCUT2D eigenvalue weighted by molar-refractivity contribution is -0.115. The second-order valence-corrected chi connectivity index (χ2v) is 9.62. The number of aliphatic hydroxyl groups excluding tert-OH is 1. The lowest BCUT2D eigenvalue weighted by Gasteiger charge is -2.23. The van der Waals surface area contributed by atoms with Crippen molar-refractivity contribution in [3.05, 3.63) is 29.3 Å². The van der Waals surface area contributed by atoms with Crippen LogP contribution in [0.5, 0.6) is 0 Å². The molecule has 1 aliphatic rings. The molecule has 1 aliphatic carbocycles. The number of fused-ring (bicyclic) bond motifs is 1. The van der Waals surface area contributed by atoms with Crippen LogP contribution in [-0.4, -0.2) is 45.2 Å². The van der Waals surface area contributed by atoms with E-state index in [1.54, 1.807) is 18.2 Å². The topological polar surface area (TPSA) is 96.1 Å². The van der Waals surface area contributed by atoms with E-state index < -0.39 is 18.8 Å². The average Bonchev–Trinajstić information content (AvgIpc) is 3.34. The van der Waals surface area contributed by atoms with E-state index in [0.717, 1.165) is 35.8 Å². The van der Waals surface area contributed by atoms with E-state index in [-0.39, 0.29) is 23.4 Å². The van der Waals surface area contributed by atoms with Crippen molar-refractivity contribution in [2.45, 2.75) is 70.7 Å². The second kappa shape index (κ2) is 8.48. The third-order valence-corrected chi connectivity index (χ3v) is 5.85. The molecule has 1 aromatic carbocycles. The van der Waals surface area contributed by atoms with Crippen LogP contribution in [0.3, 0.4) is 0 Å². The Morgan fingerprint density at radius 3 is 2.52 bits per heavy atom. The molecule has 2 aromatic heterocycles. The van der Waals surface area contributed by atoms with Crippen LogP contribution in [0, 0.1) is 6.92 Å². The predicted molar refractivity (Wildman–Crippen MR) is 120 cm³/mol. The first-order valence-corrected chi connectivity index (χ1v) is 11.0. The van der Waals surface area contributed by atoms with Crippen LogP contribution in [0.4, 0.5) is 24.9 Å². The monoisotopic (exact) mass is 463 g/mol. The summed E-state index contributed by atoms with van der Waals surface area (Å²) in [5.41, 5.74) is 2.81. The van der Waals surface area contributed by atoms with Gasteiger partial charge in [0.05, 0.1) is 17.7 Å². The van der Waals surface area contributed by atoms with Gasteiger partial charge in [0.25, 0.3) is 5.89 Å². The second-order valence-electron chi connectivity index (χ2n) is 9.62. The van der Waals surface area contributed by atoms with Crippen molar-refractivity contribution in [1.29, 1.82) is 0 Å². The first-order chi connectivity index (χ1) is 15.4. The number of nitrogens with zero attached hydrogens (tertiary/aromatic N) is 3. The predicted octanol–water partition coefficient (Wildman–Crippen LogP) is 5.19. The molecule has 1 unspecified atom stereocenters. The average molecular weight is 464 g/mol. The lowest BCUT2D eigenvalue weighted by atomic mass is 9.84. The number of hydrogen-bond donors (Lipinski definition) is 3. The van der Waals surface area contributed by atoms with Gasteiger partial charge in [-0.15, -0.1) is 5.10 Å². The molecule has 10 heteroatoms. The number of alkyl halides is 3. The number of pyridine rings is 1. The zero-order chi connectivity index (χ0) is 24.0. The molecule has 2 heterocycles. The first kappa shape index (κ1) is 23.3. The molecule has 1 fully saturated rings. The highest BCUT2D eigenvalue weighted by Gasteiger charge is 2.28. The van der Waals surface area contributed by atoms with Crippen LogP contribution >= 0.6 is 0 Å². The van der Waals surface area contributed by atoms with Gasteiger partial charge in [0.15, 0.2) is 0 Å². The van der Waals surface area contributed by atoms with Crippen LogP contribution in [-0.2, 0) is 5.41 Å². The van der Waals surface area contributed by atoms with Crippen LogP contribution in [0.25, 0.3) is 22.5 Å². The molecule has 1 saturated carbocycles. The molecular weight excluding hydrogens is 435 g/mol.